The van der Waals surface area contributed by atoms with Crippen LogP contribution in [0.4, 0.5) is 0 Å². The number of hydrogen-bond acceptors (Lipinski definition) is 2. The maximum atomic E-state index is 6.23. The molecule has 0 aliphatic carbocycles. The number of hydrogen-bond donors (Lipinski definition) is 1. The van der Waals surface area contributed by atoms with Gasteiger partial charge in [-0.05, 0) is 62.9 Å². The molecule has 0 aliphatic heterocycles. The van der Waals surface area contributed by atoms with Crippen LogP contribution in [0.15, 0.2) is 12.1 Å². The molecule has 0 heterocycles. The Morgan fingerprint density at radius 2 is 1.84 bits per heavy atom. The molecule has 19 heavy (non-hydrogen) atoms. The molecule has 108 valence electrons. The Morgan fingerprint density at radius 1 is 1.11 bits per heavy atom. The van der Waals surface area contributed by atoms with Gasteiger partial charge in [0.05, 0.1) is 0 Å². The standard InChI is InChI=1S/C17H29NO/c1-6-8-16(12-18-9-7-2)19-17-11-13(3)10-14(4)15(17)5/h10-11,16,18H,6-9,12H2,1-5H3. The summed E-state index contributed by atoms with van der Waals surface area (Å²) in [6.45, 7) is 12.8. The molecule has 0 bridgehead atoms. The molecular formula is C17H29NO. The molecule has 0 aromatic heterocycles. The molecule has 0 aliphatic rings. The SMILES string of the molecule is CCCNCC(CCC)Oc1cc(C)cc(C)c1C. The second-order valence-corrected chi connectivity index (χ2v) is 5.44. The van der Waals surface area contributed by atoms with Crippen LogP contribution in [0, 0.1) is 20.8 Å². The highest BCUT2D eigenvalue weighted by molar-refractivity contribution is 5.42. The zero-order chi connectivity index (χ0) is 14.3. The Kier molecular flexibility index (Phi) is 6.93. The maximum absolute atomic E-state index is 6.23. The van der Waals surface area contributed by atoms with Gasteiger partial charge in [0.15, 0.2) is 0 Å². The van der Waals surface area contributed by atoms with Crippen LogP contribution in [-0.2, 0) is 0 Å². The van der Waals surface area contributed by atoms with E-state index in [-0.39, 0.29) is 6.10 Å². The summed E-state index contributed by atoms with van der Waals surface area (Å²) >= 11 is 0. The van der Waals surface area contributed by atoms with Gasteiger partial charge in [-0.1, -0.05) is 26.3 Å². The zero-order valence-electron chi connectivity index (χ0n) is 13.2. The highest BCUT2D eigenvalue weighted by Crippen LogP contribution is 2.25. The molecule has 0 amide bonds. The lowest BCUT2D eigenvalue weighted by Crippen LogP contribution is -2.32. The topological polar surface area (TPSA) is 21.3 Å². The van der Waals surface area contributed by atoms with Crippen LogP contribution in [0.25, 0.3) is 0 Å². The summed E-state index contributed by atoms with van der Waals surface area (Å²) in [5, 5.41) is 3.46. The van der Waals surface area contributed by atoms with E-state index in [1.165, 1.54) is 23.1 Å². The Bertz CT molecular complexity index is 387. The van der Waals surface area contributed by atoms with Gasteiger partial charge < -0.3 is 10.1 Å². The van der Waals surface area contributed by atoms with E-state index in [4.69, 9.17) is 4.74 Å². The average molecular weight is 263 g/mol. The average Bonchev–Trinajstić information content (AvgIpc) is 2.35. The fourth-order valence-electron chi connectivity index (χ4n) is 2.27. The minimum Gasteiger partial charge on any atom is -0.489 e. The van der Waals surface area contributed by atoms with Crippen LogP contribution in [0.1, 0.15) is 49.8 Å². The zero-order valence-corrected chi connectivity index (χ0v) is 13.2. The minimum atomic E-state index is 0.274. The van der Waals surface area contributed by atoms with Crippen molar-refractivity contribution in [1.29, 1.82) is 0 Å². The van der Waals surface area contributed by atoms with E-state index in [0.29, 0.717) is 0 Å². The second kappa shape index (κ2) is 8.21. The fraction of sp³-hybridized carbons (Fsp3) is 0.647. The first kappa shape index (κ1) is 16.0. The summed E-state index contributed by atoms with van der Waals surface area (Å²) < 4.78 is 6.23. The second-order valence-electron chi connectivity index (χ2n) is 5.44. The van der Waals surface area contributed by atoms with Gasteiger partial charge in [0.25, 0.3) is 0 Å². The van der Waals surface area contributed by atoms with E-state index in [2.05, 4.69) is 52.1 Å². The van der Waals surface area contributed by atoms with E-state index in [1.54, 1.807) is 0 Å². The molecule has 1 rings (SSSR count). The van der Waals surface area contributed by atoms with Crippen molar-refractivity contribution in [2.24, 2.45) is 0 Å². The van der Waals surface area contributed by atoms with Crippen molar-refractivity contribution in [2.75, 3.05) is 13.1 Å². The van der Waals surface area contributed by atoms with Gasteiger partial charge in [0.2, 0.25) is 0 Å². The smallest absolute Gasteiger partial charge is 0.123 e. The van der Waals surface area contributed by atoms with Crippen molar-refractivity contribution >= 4 is 0 Å². The summed E-state index contributed by atoms with van der Waals surface area (Å²) in [5.74, 6) is 1.05. The third-order valence-corrected chi connectivity index (χ3v) is 3.47. The van der Waals surface area contributed by atoms with E-state index >= 15 is 0 Å². The predicted molar refractivity (Wildman–Crippen MR) is 83.1 cm³/mol. The summed E-state index contributed by atoms with van der Waals surface area (Å²) in [6, 6.07) is 4.37. The summed E-state index contributed by atoms with van der Waals surface area (Å²) in [5.41, 5.74) is 3.85. The van der Waals surface area contributed by atoms with Crippen molar-refractivity contribution in [3.63, 3.8) is 0 Å². The molecule has 2 nitrogen and oxygen atoms in total. The van der Waals surface area contributed by atoms with Crippen LogP contribution in [0.5, 0.6) is 5.75 Å². The molecule has 2 heteroatoms. The maximum Gasteiger partial charge on any atom is 0.123 e. The van der Waals surface area contributed by atoms with Crippen molar-refractivity contribution in [1.82, 2.24) is 5.32 Å². The van der Waals surface area contributed by atoms with E-state index < -0.39 is 0 Å². The number of nitrogens with one attached hydrogen (secondary N) is 1. The first-order chi connectivity index (χ1) is 9.08. The van der Waals surface area contributed by atoms with Crippen LogP contribution >= 0.6 is 0 Å². The predicted octanol–water partition coefficient (Wildman–Crippen LogP) is 4.16. The van der Waals surface area contributed by atoms with Gasteiger partial charge >= 0.3 is 0 Å². The van der Waals surface area contributed by atoms with Crippen molar-refractivity contribution in [3.8, 4) is 5.75 Å². The first-order valence-corrected chi connectivity index (χ1v) is 7.53. The van der Waals surface area contributed by atoms with Gasteiger partial charge in [-0.25, -0.2) is 0 Å². The summed E-state index contributed by atoms with van der Waals surface area (Å²) in [7, 11) is 0. The fourth-order valence-corrected chi connectivity index (χ4v) is 2.27. The molecule has 0 saturated carbocycles. The highest BCUT2D eigenvalue weighted by Gasteiger charge is 2.12. The van der Waals surface area contributed by atoms with E-state index in [0.717, 1.165) is 31.7 Å². The molecule has 1 N–H and O–H groups in total. The van der Waals surface area contributed by atoms with Crippen molar-refractivity contribution < 1.29 is 4.74 Å². The van der Waals surface area contributed by atoms with Gasteiger partial charge in [0.1, 0.15) is 11.9 Å². The van der Waals surface area contributed by atoms with Crippen LogP contribution in [0.3, 0.4) is 0 Å². The monoisotopic (exact) mass is 263 g/mol. The molecule has 1 aromatic carbocycles. The molecule has 0 spiro atoms. The minimum absolute atomic E-state index is 0.274. The van der Waals surface area contributed by atoms with Crippen LogP contribution in [-0.4, -0.2) is 19.2 Å². The third-order valence-electron chi connectivity index (χ3n) is 3.47. The summed E-state index contributed by atoms with van der Waals surface area (Å²) in [6.07, 6.45) is 3.70. The lowest BCUT2D eigenvalue weighted by molar-refractivity contribution is 0.185. The van der Waals surface area contributed by atoms with Crippen LogP contribution < -0.4 is 10.1 Å². The molecule has 1 aromatic rings. The number of ether oxygens (including phenoxy) is 1. The lowest BCUT2D eigenvalue weighted by Gasteiger charge is -2.21. The highest BCUT2D eigenvalue weighted by atomic mass is 16.5. The molecule has 0 radical (unpaired) electrons. The van der Waals surface area contributed by atoms with Gasteiger partial charge in [0, 0.05) is 6.54 Å². The Hall–Kier alpha value is -1.02. The van der Waals surface area contributed by atoms with Crippen molar-refractivity contribution in [2.45, 2.75) is 60.0 Å². The Morgan fingerprint density at radius 3 is 2.47 bits per heavy atom. The van der Waals surface area contributed by atoms with E-state index in [9.17, 15) is 0 Å². The van der Waals surface area contributed by atoms with Gasteiger partial charge in [-0.15, -0.1) is 0 Å². The molecular weight excluding hydrogens is 234 g/mol. The molecule has 0 fully saturated rings. The largest absolute Gasteiger partial charge is 0.489 e. The summed E-state index contributed by atoms with van der Waals surface area (Å²) in [4.78, 5) is 0. The van der Waals surface area contributed by atoms with Crippen molar-refractivity contribution in [3.05, 3.63) is 28.8 Å². The first-order valence-electron chi connectivity index (χ1n) is 7.53. The quantitative estimate of drug-likeness (QED) is 0.711. The number of benzene rings is 1. The van der Waals surface area contributed by atoms with Gasteiger partial charge in [-0.3, -0.25) is 0 Å². The van der Waals surface area contributed by atoms with Crippen LogP contribution in [0.2, 0.25) is 0 Å². The lowest BCUT2D eigenvalue weighted by atomic mass is 10.1. The number of rotatable bonds is 8. The number of aryl methyl sites for hydroxylation is 2. The molecule has 0 saturated heterocycles. The normalized spacial score (nSPS) is 12.5. The van der Waals surface area contributed by atoms with Gasteiger partial charge in [-0.2, -0.15) is 0 Å². The molecule has 1 unspecified atom stereocenters. The third kappa shape index (κ3) is 5.23. The Balaban J connectivity index is 2.72. The Labute approximate surface area is 118 Å². The van der Waals surface area contributed by atoms with E-state index in [1.807, 2.05) is 0 Å². The molecule has 1 atom stereocenters.